The summed E-state index contributed by atoms with van der Waals surface area (Å²) in [5.74, 6) is 0. The van der Waals surface area contributed by atoms with Crippen molar-refractivity contribution >= 4 is 26.6 Å². The fraction of sp³-hybridized carbons (Fsp3) is 0.158. The SMILES string of the molecule is C=CS(=O)(=O)Nc1cccc(-c2cccc3[nH]c(C)c(C)c23)c1C. The van der Waals surface area contributed by atoms with E-state index in [1.54, 1.807) is 6.07 Å². The van der Waals surface area contributed by atoms with Gasteiger partial charge in [0, 0.05) is 22.0 Å². The molecule has 2 aromatic carbocycles. The summed E-state index contributed by atoms with van der Waals surface area (Å²) in [5, 5.41) is 2.08. The van der Waals surface area contributed by atoms with Crippen molar-refractivity contribution in [2.45, 2.75) is 20.8 Å². The number of sulfonamides is 1. The van der Waals surface area contributed by atoms with Crippen molar-refractivity contribution in [1.29, 1.82) is 0 Å². The number of aromatic amines is 1. The maximum atomic E-state index is 11.8. The lowest BCUT2D eigenvalue weighted by Gasteiger charge is -2.14. The van der Waals surface area contributed by atoms with Crippen molar-refractivity contribution < 1.29 is 8.42 Å². The van der Waals surface area contributed by atoms with Crippen LogP contribution in [0.1, 0.15) is 16.8 Å². The number of aryl methyl sites for hydroxylation is 2. The minimum Gasteiger partial charge on any atom is -0.358 e. The molecule has 0 unspecified atom stereocenters. The van der Waals surface area contributed by atoms with E-state index in [1.165, 1.54) is 10.9 Å². The Kier molecular flexibility index (Phi) is 3.97. The van der Waals surface area contributed by atoms with Crippen LogP contribution < -0.4 is 4.72 Å². The van der Waals surface area contributed by atoms with Gasteiger partial charge in [0.1, 0.15) is 0 Å². The topological polar surface area (TPSA) is 62.0 Å². The van der Waals surface area contributed by atoms with E-state index >= 15 is 0 Å². The lowest BCUT2D eigenvalue weighted by atomic mass is 9.95. The van der Waals surface area contributed by atoms with Crippen LogP contribution in [-0.2, 0) is 10.0 Å². The molecule has 24 heavy (non-hydrogen) atoms. The molecule has 0 fully saturated rings. The zero-order valence-corrected chi connectivity index (χ0v) is 14.8. The molecule has 0 radical (unpaired) electrons. The van der Waals surface area contributed by atoms with Crippen LogP contribution in [-0.4, -0.2) is 13.4 Å². The number of hydrogen-bond donors (Lipinski definition) is 2. The number of nitrogens with one attached hydrogen (secondary N) is 2. The first kappa shape index (κ1) is 16.3. The Bertz CT molecular complexity index is 1050. The van der Waals surface area contributed by atoms with Gasteiger partial charge in [0.05, 0.1) is 5.69 Å². The summed E-state index contributed by atoms with van der Waals surface area (Å²) in [5.41, 5.74) is 6.97. The average Bonchev–Trinajstić information content (AvgIpc) is 2.84. The van der Waals surface area contributed by atoms with E-state index in [9.17, 15) is 8.42 Å². The van der Waals surface area contributed by atoms with Gasteiger partial charge in [0.2, 0.25) is 0 Å². The molecular formula is C19H20N2O2S. The highest BCUT2D eigenvalue weighted by molar-refractivity contribution is 7.95. The fourth-order valence-electron chi connectivity index (χ4n) is 3.00. The van der Waals surface area contributed by atoms with E-state index in [0.29, 0.717) is 5.69 Å². The molecule has 4 nitrogen and oxygen atoms in total. The normalized spacial score (nSPS) is 11.6. The quantitative estimate of drug-likeness (QED) is 0.726. The second-order valence-electron chi connectivity index (χ2n) is 5.90. The number of anilines is 1. The smallest absolute Gasteiger partial charge is 0.254 e. The van der Waals surface area contributed by atoms with E-state index in [4.69, 9.17) is 0 Å². The molecule has 0 saturated heterocycles. The van der Waals surface area contributed by atoms with E-state index < -0.39 is 10.0 Å². The molecule has 0 saturated carbocycles. The minimum absolute atomic E-state index is 0.564. The van der Waals surface area contributed by atoms with Crippen LogP contribution in [0.2, 0.25) is 0 Å². The first-order valence-corrected chi connectivity index (χ1v) is 9.22. The number of aromatic nitrogens is 1. The van der Waals surface area contributed by atoms with Crippen molar-refractivity contribution in [1.82, 2.24) is 4.98 Å². The van der Waals surface area contributed by atoms with E-state index in [1.807, 2.05) is 25.1 Å². The zero-order chi connectivity index (χ0) is 17.5. The van der Waals surface area contributed by atoms with Gasteiger partial charge in [-0.25, -0.2) is 8.42 Å². The number of benzene rings is 2. The monoisotopic (exact) mass is 340 g/mol. The van der Waals surface area contributed by atoms with Crippen LogP contribution in [0.3, 0.4) is 0 Å². The van der Waals surface area contributed by atoms with Crippen LogP contribution in [0.15, 0.2) is 48.4 Å². The fourth-order valence-corrected chi connectivity index (χ4v) is 3.61. The van der Waals surface area contributed by atoms with Crippen LogP contribution in [0, 0.1) is 20.8 Å². The number of H-pyrrole nitrogens is 1. The van der Waals surface area contributed by atoms with E-state index in [2.05, 4.69) is 42.3 Å². The minimum atomic E-state index is -3.53. The third-order valence-electron chi connectivity index (χ3n) is 4.42. The predicted octanol–water partition coefficient (Wildman–Crippen LogP) is 4.65. The lowest BCUT2D eigenvalue weighted by molar-refractivity contribution is 0.609. The summed E-state index contributed by atoms with van der Waals surface area (Å²) in [6, 6.07) is 11.8. The van der Waals surface area contributed by atoms with Gasteiger partial charge < -0.3 is 4.98 Å². The summed E-state index contributed by atoms with van der Waals surface area (Å²) in [7, 11) is -3.53. The molecule has 1 heterocycles. The van der Waals surface area contributed by atoms with E-state index in [-0.39, 0.29) is 0 Å². The van der Waals surface area contributed by atoms with Gasteiger partial charge in [-0.05, 0) is 55.2 Å². The maximum absolute atomic E-state index is 11.8. The number of fused-ring (bicyclic) bond motifs is 1. The van der Waals surface area contributed by atoms with Crippen molar-refractivity contribution in [3.8, 4) is 11.1 Å². The van der Waals surface area contributed by atoms with Crippen molar-refractivity contribution in [2.75, 3.05) is 4.72 Å². The summed E-state index contributed by atoms with van der Waals surface area (Å²) in [6.07, 6.45) is 0. The highest BCUT2D eigenvalue weighted by Crippen LogP contribution is 2.36. The molecule has 3 aromatic rings. The number of rotatable bonds is 4. The summed E-state index contributed by atoms with van der Waals surface area (Å²) >= 11 is 0. The highest BCUT2D eigenvalue weighted by Gasteiger charge is 2.15. The van der Waals surface area contributed by atoms with Crippen LogP contribution in [0.25, 0.3) is 22.0 Å². The molecule has 5 heteroatoms. The molecule has 0 amide bonds. The second kappa shape index (κ2) is 5.83. The Labute approximate surface area is 142 Å². The van der Waals surface area contributed by atoms with Crippen LogP contribution >= 0.6 is 0 Å². The van der Waals surface area contributed by atoms with Gasteiger partial charge in [-0.1, -0.05) is 30.8 Å². The van der Waals surface area contributed by atoms with Crippen LogP contribution in [0.4, 0.5) is 5.69 Å². The molecule has 0 spiro atoms. The average molecular weight is 340 g/mol. The molecule has 0 bridgehead atoms. The molecule has 0 atom stereocenters. The Morgan fingerprint density at radius 2 is 1.67 bits per heavy atom. The first-order chi connectivity index (χ1) is 11.3. The third kappa shape index (κ3) is 2.71. The molecule has 0 aliphatic rings. The molecule has 3 rings (SSSR count). The molecule has 0 aliphatic heterocycles. The Hall–Kier alpha value is -2.53. The first-order valence-electron chi connectivity index (χ1n) is 7.67. The summed E-state index contributed by atoms with van der Waals surface area (Å²) in [6.45, 7) is 9.41. The van der Waals surface area contributed by atoms with Gasteiger partial charge in [-0.15, -0.1) is 0 Å². The van der Waals surface area contributed by atoms with Gasteiger partial charge in [0.15, 0.2) is 0 Å². The van der Waals surface area contributed by atoms with Crippen molar-refractivity contribution in [3.05, 3.63) is 65.2 Å². The highest BCUT2D eigenvalue weighted by atomic mass is 32.2. The predicted molar refractivity (Wildman–Crippen MR) is 101 cm³/mol. The summed E-state index contributed by atoms with van der Waals surface area (Å²) < 4.78 is 26.2. The van der Waals surface area contributed by atoms with Crippen LogP contribution in [0.5, 0.6) is 0 Å². The molecule has 0 aliphatic carbocycles. The Balaban J connectivity index is 2.23. The third-order valence-corrected chi connectivity index (χ3v) is 5.36. The molecule has 124 valence electrons. The van der Waals surface area contributed by atoms with Gasteiger partial charge in [0.25, 0.3) is 10.0 Å². The van der Waals surface area contributed by atoms with Gasteiger partial charge in [-0.2, -0.15) is 0 Å². The molecule has 2 N–H and O–H groups in total. The van der Waals surface area contributed by atoms with Gasteiger partial charge in [-0.3, -0.25) is 4.72 Å². The van der Waals surface area contributed by atoms with Crippen molar-refractivity contribution in [2.24, 2.45) is 0 Å². The largest absolute Gasteiger partial charge is 0.358 e. The number of hydrogen-bond acceptors (Lipinski definition) is 2. The summed E-state index contributed by atoms with van der Waals surface area (Å²) in [4.78, 5) is 3.39. The lowest BCUT2D eigenvalue weighted by Crippen LogP contribution is -2.09. The molecule has 1 aromatic heterocycles. The second-order valence-corrected chi connectivity index (χ2v) is 7.52. The Morgan fingerprint density at radius 3 is 2.38 bits per heavy atom. The standard InChI is InChI=1S/C19H20N2O2S/c1-5-24(22,23)21-17-10-6-8-15(13(17)3)16-9-7-11-18-19(16)12(2)14(4)20-18/h5-11,20-21H,1H2,2-4H3. The Morgan fingerprint density at radius 1 is 1.00 bits per heavy atom. The van der Waals surface area contributed by atoms with E-state index in [0.717, 1.165) is 33.3 Å². The zero-order valence-electron chi connectivity index (χ0n) is 14.0. The van der Waals surface area contributed by atoms with Crippen molar-refractivity contribution in [3.63, 3.8) is 0 Å². The molecular weight excluding hydrogens is 320 g/mol. The van der Waals surface area contributed by atoms with Gasteiger partial charge >= 0.3 is 0 Å². The maximum Gasteiger partial charge on any atom is 0.254 e.